The van der Waals surface area contributed by atoms with Crippen LogP contribution in [0.15, 0.2) is 41.8 Å². The highest BCUT2D eigenvalue weighted by atomic mass is 32.2. The lowest BCUT2D eigenvalue weighted by atomic mass is 10.2. The molecule has 0 aromatic carbocycles. The van der Waals surface area contributed by atoms with Gasteiger partial charge >= 0.3 is 0 Å². The Labute approximate surface area is 116 Å². The van der Waals surface area contributed by atoms with Gasteiger partial charge in [0.1, 0.15) is 5.03 Å². The lowest BCUT2D eigenvalue weighted by molar-refractivity contribution is 0.0949. The van der Waals surface area contributed by atoms with Gasteiger partial charge in [-0.2, -0.15) is 5.10 Å². The molecule has 0 saturated carbocycles. The van der Waals surface area contributed by atoms with Crippen LogP contribution in [0.5, 0.6) is 0 Å². The lowest BCUT2D eigenvalue weighted by Crippen LogP contribution is -2.26. The minimum atomic E-state index is -0.0714. The van der Waals surface area contributed by atoms with Crippen LogP contribution in [0.2, 0.25) is 0 Å². The number of aryl methyl sites for hydroxylation is 1. The average molecular weight is 276 g/mol. The summed E-state index contributed by atoms with van der Waals surface area (Å²) < 4.78 is 1.85. The van der Waals surface area contributed by atoms with Gasteiger partial charge in [-0.1, -0.05) is 0 Å². The van der Waals surface area contributed by atoms with Crippen LogP contribution < -0.4 is 5.32 Å². The van der Waals surface area contributed by atoms with Crippen LogP contribution in [0.4, 0.5) is 0 Å². The summed E-state index contributed by atoms with van der Waals surface area (Å²) in [6.45, 7) is 1.43. The fourth-order valence-electron chi connectivity index (χ4n) is 1.70. The van der Waals surface area contributed by atoms with E-state index < -0.39 is 0 Å². The molecule has 2 heterocycles. The molecule has 5 nitrogen and oxygen atoms in total. The number of carbonyl (C=O) groups is 1. The van der Waals surface area contributed by atoms with Gasteiger partial charge in [0.15, 0.2) is 0 Å². The first kappa shape index (κ1) is 13.6. The highest BCUT2D eigenvalue weighted by Crippen LogP contribution is 2.16. The third kappa shape index (κ3) is 3.82. The zero-order valence-electron chi connectivity index (χ0n) is 10.7. The van der Waals surface area contributed by atoms with Gasteiger partial charge in [-0.05, 0) is 30.9 Å². The SMILES string of the molecule is CSc1ncccc1C(=O)NCCCn1cccn1. The molecule has 0 saturated heterocycles. The summed E-state index contributed by atoms with van der Waals surface area (Å²) in [4.78, 5) is 16.2. The quantitative estimate of drug-likeness (QED) is 0.646. The van der Waals surface area contributed by atoms with E-state index in [2.05, 4.69) is 15.4 Å². The molecule has 6 heteroatoms. The summed E-state index contributed by atoms with van der Waals surface area (Å²) in [6.07, 6.45) is 8.12. The van der Waals surface area contributed by atoms with Crippen molar-refractivity contribution in [2.75, 3.05) is 12.8 Å². The Balaban J connectivity index is 1.81. The van der Waals surface area contributed by atoms with Crippen molar-refractivity contribution in [3.63, 3.8) is 0 Å². The summed E-state index contributed by atoms with van der Waals surface area (Å²) in [6, 6.07) is 5.46. The molecule has 2 aromatic heterocycles. The molecule has 0 spiro atoms. The Bertz CT molecular complexity index is 527. The van der Waals surface area contributed by atoms with Crippen molar-refractivity contribution in [2.24, 2.45) is 0 Å². The van der Waals surface area contributed by atoms with Gasteiger partial charge in [-0.15, -0.1) is 11.8 Å². The molecule has 0 aliphatic rings. The molecule has 100 valence electrons. The third-order valence-corrected chi connectivity index (χ3v) is 3.33. The molecule has 1 amide bonds. The number of pyridine rings is 1. The van der Waals surface area contributed by atoms with Crippen molar-refractivity contribution in [2.45, 2.75) is 18.0 Å². The Kier molecular flexibility index (Phi) is 4.97. The summed E-state index contributed by atoms with van der Waals surface area (Å²) in [5, 5.41) is 7.77. The summed E-state index contributed by atoms with van der Waals surface area (Å²) in [5.74, 6) is -0.0714. The van der Waals surface area contributed by atoms with Crippen molar-refractivity contribution < 1.29 is 4.79 Å². The fourth-order valence-corrected chi connectivity index (χ4v) is 2.24. The zero-order valence-corrected chi connectivity index (χ0v) is 11.6. The molecule has 0 atom stereocenters. The van der Waals surface area contributed by atoms with Gasteiger partial charge < -0.3 is 5.32 Å². The van der Waals surface area contributed by atoms with Crippen molar-refractivity contribution in [3.05, 3.63) is 42.4 Å². The zero-order chi connectivity index (χ0) is 13.5. The van der Waals surface area contributed by atoms with Crippen molar-refractivity contribution >= 4 is 17.7 Å². The predicted molar refractivity (Wildman–Crippen MR) is 75.2 cm³/mol. The molecule has 0 fully saturated rings. The standard InChI is InChI=1S/C13H16N4OS/c1-19-13-11(5-2-6-15-13)12(18)14-7-3-9-17-10-4-8-16-17/h2,4-6,8,10H,3,7,9H2,1H3,(H,14,18). The number of aromatic nitrogens is 3. The summed E-state index contributed by atoms with van der Waals surface area (Å²) in [5.41, 5.74) is 0.633. The fraction of sp³-hybridized carbons (Fsp3) is 0.308. The molecule has 19 heavy (non-hydrogen) atoms. The molecule has 2 rings (SSSR count). The van der Waals surface area contributed by atoms with Crippen molar-refractivity contribution in [1.29, 1.82) is 0 Å². The van der Waals surface area contributed by atoms with E-state index >= 15 is 0 Å². The second-order valence-corrected chi connectivity index (χ2v) is 4.73. The molecular weight excluding hydrogens is 260 g/mol. The number of hydrogen-bond donors (Lipinski definition) is 1. The van der Waals surface area contributed by atoms with Crippen LogP contribution in [0.1, 0.15) is 16.8 Å². The van der Waals surface area contributed by atoms with E-state index in [1.165, 1.54) is 11.8 Å². The number of nitrogens with one attached hydrogen (secondary N) is 1. The van der Waals surface area contributed by atoms with Gasteiger partial charge in [0, 0.05) is 31.7 Å². The van der Waals surface area contributed by atoms with E-state index in [0.29, 0.717) is 12.1 Å². The predicted octanol–water partition coefficient (Wildman–Crippen LogP) is 1.82. The summed E-state index contributed by atoms with van der Waals surface area (Å²) in [7, 11) is 0. The Hall–Kier alpha value is -1.82. The number of hydrogen-bond acceptors (Lipinski definition) is 4. The maximum atomic E-state index is 12.0. The van der Waals surface area contributed by atoms with E-state index in [-0.39, 0.29) is 5.91 Å². The van der Waals surface area contributed by atoms with E-state index in [0.717, 1.165) is 18.0 Å². The first-order chi connectivity index (χ1) is 9.31. The largest absolute Gasteiger partial charge is 0.352 e. The van der Waals surface area contributed by atoms with Crippen LogP contribution in [0, 0.1) is 0 Å². The van der Waals surface area contributed by atoms with Crippen molar-refractivity contribution in [1.82, 2.24) is 20.1 Å². The van der Waals surface area contributed by atoms with E-state index in [1.54, 1.807) is 24.5 Å². The smallest absolute Gasteiger partial charge is 0.254 e. The number of amides is 1. The van der Waals surface area contributed by atoms with Crippen LogP contribution >= 0.6 is 11.8 Å². The molecule has 0 bridgehead atoms. The van der Waals surface area contributed by atoms with E-state index in [9.17, 15) is 4.79 Å². The molecule has 0 radical (unpaired) electrons. The second-order valence-electron chi connectivity index (χ2n) is 3.94. The minimum Gasteiger partial charge on any atom is -0.352 e. The maximum absolute atomic E-state index is 12.0. The number of thioether (sulfide) groups is 1. The lowest BCUT2D eigenvalue weighted by Gasteiger charge is -2.07. The van der Waals surface area contributed by atoms with Gasteiger partial charge in [-0.25, -0.2) is 4.98 Å². The summed E-state index contributed by atoms with van der Waals surface area (Å²) >= 11 is 1.47. The number of carbonyl (C=O) groups excluding carboxylic acids is 1. The highest BCUT2D eigenvalue weighted by molar-refractivity contribution is 7.98. The second kappa shape index (κ2) is 6.94. The Morgan fingerprint density at radius 2 is 2.32 bits per heavy atom. The number of nitrogens with zero attached hydrogens (tertiary/aromatic N) is 3. The highest BCUT2D eigenvalue weighted by Gasteiger charge is 2.10. The molecule has 0 aliphatic carbocycles. The van der Waals surface area contributed by atoms with Gasteiger partial charge in [-0.3, -0.25) is 9.48 Å². The first-order valence-corrected chi connectivity index (χ1v) is 7.28. The van der Waals surface area contributed by atoms with E-state index in [1.807, 2.05) is 23.2 Å². The van der Waals surface area contributed by atoms with Crippen LogP contribution in [-0.2, 0) is 6.54 Å². The van der Waals surface area contributed by atoms with Crippen molar-refractivity contribution in [3.8, 4) is 0 Å². The topological polar surface area (TPSA) is 59.8 Å². The normalized spacial score (nSPS) is 10.4. The molecular formula is C13H16N4OS. The van der Waals surface area contributed by atoms with Crippen LogP contribution in [-0.4, -0.2) is 33.5 Å². The van der Waals surface area contributed by atoms with E-state index in [4.69, 9.17) is 0 Å². The molecule has 1 N–H and O–H groups in total. The number of rotatable bonds is 6. The Morgan fingerprint density at radius 3 is 3.05 bits per heavy atom. The third-order valence-electron chi connectivity index (χ3n) is 2.62. The van der Waals surface area contributed by atoms with Gasteiger partial charge in [0.05, 0.1) is 5.56 Å². The van der Waals surface area contributed by atoms with Gasteiger partial charge in [0.2, 0.25) is 0 Å². The van der Waals surface area contributed by atoms with Gasteiger partial charge in [0.25, 0.3) is 5.91 Å². The molecule has 0 aliphatic heterocycles. The Morgan fingerprint density at radius 1 is 1.42 bits per heavy atom. The average Bonchev–Trinajstić information content (AvgIpc) is 2.96. The molecule has 0 unspecified atom stereocenters. The monoisotopic (exact) mass is 276 g/mol. The van der Waals surface area contributed by atoms with Crippen LogP contribution in [0.3, 0.4) is 0 Å². The maximum Gasteiger partial charge on any atom is 0.254 e. The minimum absolute atomic E-state index is 0.0714. The van der Waals surface area contributed by atoms with Crippen LogP contribution in [0.25, 0.3) is 0 Å². The molecule has 2 aromatic rings. The first-order valence-electron chi connectivity index (χ1n) is 6.06.